The third-order valence-corrected chi connectivity index (χ3v) is 4.19. The average Bonchev–Trinajstić information content (AvgIpc) is 2.66. The number of unbranched alkanes of at least 4 members (excludes halogenated alkanes) is 3. The Bertz CT molecular complexity index is 782. The zero-order valence-electron chi connectivity index (χ0n) is 17.3. The lowest BCUT2D eigenvalue weighted by Gasteiger charge is -2.24. The number of para-hydroxylation sites is 2. The summed E-state index contributed by atoms with van der Waals surface area (Å²) in [6.07, 6.45) is 0.0750. The lowest BCUT2D eigenvalue weighted by Crippen LogP contribution is -2.20. The molecule has 0 spiro atoms. The second-order valence-corrected chi connectivity index (χ2v) is 6.99. The molecule has 1 aromatic heterocycles. The largest absolute Gasteiger partial charge is 0.491 e. The maximum Gasteiger partial charge on any atom is 0.421 e. The molecule has 0 aliphatic heterocycles. The van der Waals surface area contributed by atoms with E-state index in [1.54, 1.807) is 38.1 Å². The van der Waals surface area contributed by atoms with E-state index < -0.39 is 11.7 Å². The molecule has 2 rings (SSSR count). The fraction of sp³-hybridized carbons (Fsp3) is 0.524. The van der Waals surface area contributed by atoms with Crippen molar-refractivity contribution in [3.05, 3.63) is 36.0 Å². The van der Waals surface area contributed by atoms with Crippen molar-refractivity contribution in [1.29, 1.82) is 0 Å². The molecule has 0 radical (unpaired) electrons. The van der Waals surface area contributed by atoms with Gasteiger partial charge in [0.2, 0.25) is 0 Å². The van der Waals surface area contributed by atoms with Crippen LogP contribution in [0.2, 0.25) is 0 Å². The van der Waals surface area contributed by atoms with Crippen LogP contribution in [0.25, 0.3) is 0 Å². The number of halogens is 3. The average molecular weight is 411 g/mol. The van der Waals surface area contributed by atoms with Crippen LogP contribution in [0.15, 0.2) is 30.5 Å². The molecule has 5 nitrogen and oxygen atoms in total. The van der Waals surface area contributed by atoms with Gasteiger partial charge in [-0.3, -0.25) is 0 Å². The van der Waals surface area contributed by atoms with E-state index in [4.69, 9.17) is 9.47 Å². The van der Waals surface area contributed by atoms with Crippen LogP contribution in [-0.4, -0.2) is 29.7 Å². The molecule has 1 aromatic carbocycles. The van der Waals surface area contributed by atoms with Crippen molar-refractivity contribution >= 4 is 11.5 Å². The first kappa shape index (κ1) is 22.8. The first-order valence-electron chi connectivity index (χ1n) is 9.80. The zero-order valence-corrected chi connectivity index (χ0v) is 17.3. The van der Waals surface area contributed by atoms with Gasteiger partial charge in [0.15, 0.2) is 5.82 Å². The molecule has 0 fully saturated rings. The molecule has 160 valence electrons. The molecule has 0 aliphatic carbocycles. The van der Waals surface area contributed by atoms with Gasteiger partial charge in [0, 0.05) is 13.2 Å². The molecule has 0 saturated heterocycles. The summed E-state index contributed by atoms with van der Waals surface area (Å²) >= 11 is 0. The number of benzene rings is 1. The number of hydrogen-bond donors (Lipinski definition) is 0. The molecule has 0 bridgehead atoms. The molecule has 0 N–H and O–H groups in total. The fourth-order valence-electron chi connectivity index (χ4n) is 2.76. The summed E-state index contributed by atoms with van der Waals surface area (Å²) in [5.41, 5.74) is -0.448. The second kappa shape index (κ2) is 10.3. The van der Waals surface area contributed by atoms with Gasteiger partial charge in [-0.2, -0.15) is 18.2 Å². The third-order valence-electron chi connectivity index (χ3n) is 4.19. The predicted molar refractivity (Wildman–Crippen MR) is 107 cm³/mol. The molecule has 0 amide bonds. The van der Waals surface area contributed by atoms with Crippen molar-refractivity contribution in [3.63, 3.8) is 0 Å². The Kier molecular flexibility index (Phi) is 8.10. The van der Waals surface area contributed by atoms with Gasteiger partial charge in [0.25, 0.3) is 0 Å². The fourth-order valence-corrected chi connectivity index (χ4v) is 2.76. The molecule has 0 unspecified atom stereocenters. The normalized spacial score (nSPS) is 11.6. The van der Waals surface area contributed by atoms with Crippen molar-refractivity contribution in [1.82, 2.24) is 9.97 Å². The van der Waals surface area contributed by atoms with Gasteiger partial charge in [0.05, 0.1) is 18.4 Å². The number of nitrogens with zero attached hydrogens (tertiary/aromatic N) is 3. The highest BCUT2D eigenvalue weighted by Crippen LogP contribution is 2.40. The maximum absolute atomic E-state index is 13.6. The Morgan fingerprint density at radius 3 is 2.48 bits per heavy atom. The Morgan fingerprint density at radius 1 is 1.10 bits per heavy atom. The van der Waals surface area contributed by atoms with E-state index in [0.29, 0.717) is 18.0 Å². The highest BCUT2D eigenvalue weighted by atomic mass is 19.4. The summed E-state index contributed by atoms with van der Waals surface area (Å²) < 4.78 is 51.9. The van der Waals surface area contributed by atoms with Crippen LogP contribution in [0, 0.1) is 0 Å². The highest BCUT2D eigenvalue weighted by molar-refractivity contribution is 5.68. The summed E-state index contributed by atoms with van der Waals surface area (Å²) in [5.74, 6) is 0.217. The molecular formula is C21H28F3N3O2. The highest BCUT2D eigenvalue weighted by Gasteiger charge is 2.37. The van der Waals surface area contributed by atoms with Crippen molar-refractivity contribution in [2.75, 3.05) is 18.6 Å². The first-order chi connectivity index (χ1) is 13.7. The number of anilines is 2. The van der Waals surface area contributed by atoms with Gasteiger partial charge in [0.1, 0.15) is 11.3 Å². The number of rotatable bonds is 10. The van der Waals surface area contributed by atoms with E-state index in [1.807, 2.05) is 0 Å². The minimum Gasteiger partial charge on any atom is -0.491 e. The van der Waals surface area contributed by atoms with Gasteiger partial charge >= 0.3 is 12.2 Å². The van der Waals surface area contributed by atoms with Gasteiger partial charge in [-0.05, 0) is 32.4 Å². The second-order valence-electron chi connectivity index (χ2n) is 6.99. The molecular weight excluding hydrogens is 383 g/mol. The van der Waals surface area contributed by atoms with Gasteiger partial charge in [-0.25, -0.2) is 4.98 Å². The van der Waals surface area contributed by atoms with E-state index >= 15 is 0 Å². The van der Waals surface area contributed by atoms with E-state index in [1.165, 1.54) is 11.9 Å². The van der Waals surface area contributed by atoms with Crippen LogP contribution >= 0.6 is 0 Å². The van der Waals surface area contributed by atoms with Crippen LogP contribution in [0.5, 0.6) is 11.8 Å². The minimum atomic E-state index is -4.60. The SMILES string of the molecule is CCCCCCOc1ccccc1N(C)c1nc(OC(C)C)ncc1C(F)(F)F. The maximum atomic E-state index is 13.6. The topological polar surface area (TPSA) is 47.5 Å². The van der Waals surface area contributed by atoms with Crippen molar-refractivity contribution in [3.8, 4) is 11.8 Å². The Labute approximate surface area is 169 Å². The molecule has 8 heteroatoms. The molecule has 2 aromatic rings. The summed E-state index contributed by atoms with van der Waals surface area (Å²) in [4.78, 5) is 9.11. The van der Waals surface area contributed by atoms with Crippen LogP contribution in [0.3, 0.4) is 0 Å². The van der Waals surface area contributed by atoms with Crippen LogP contribution in [-0.2, 0) is 6.18 Å². The Hall–Kier alpha value is -2.51. The number of hydrogen-bond acceptors (Lipinski definition) is 5. The van der Waals surface area contributed by atoms with Crippen molar-refractivity contribution in [2.45, 2.75) is 58.7 Å². The molecule has 0 aliphatic rings. The number of alkyl halides is 3. The summed E-state index contributed by atoms with van der Waals surface area (Å²) in [6.45, 7) is 6.14. The van der Waals surface area contributed by atoms with Crippen LogP contribution in [0.4, 0.5) is 24.7 Å². The number of ether oxygens (including phenoxy) is 2. The lowest BCUT2D eigenvalue weighted by molar-refractivity contribution is -0.137. The van der Waals surface area contributed by atoms with E-state index in [9.17, 15) is 13.2 Å². The number of aromatic nitrogens is 2. The summed E-state index contributed by atoms with van der Waals surface area (Å²) in [5, 5.41) is 0. The van der Waals surface area contributed by atoms with E-state index in [-0.39, 0.29) is 17.9 Å². The van der Waals surface area contributed by atoms with Gasteiger partial charge in [-0.15, -0.1) is 0 Å². The lowest BCUT2D eigenvalue weighted by atomic mass is 10.2. The van der Waals surface area contributed by atoms with Gasteiger partial charge in [-0.1, -0.05) is 38.3 Å². The third kappa shape index (κ3) is 6.51. The van der Waals surface area contributed by atoms with E-state index in [2.05, 4.69) is 16.9 Å². The summed E-state index contributed by atoms with van der Waals surface area (Å²) in [7, 11) is 1.52. The molecule has 29 heavy (non-hydrogen) atoms. The quantitative estimate of drug-likeness (QED) is 0.448. The molecule has 0 atom stereocenters. The predicted octanol–water partition coefficient (Wildman–Crippen LogP) is 6.01. The van der Waals surface area contributed by atoms with Gasteiger partial charge < -0.3 is 14.4 Å². The van der Waals surface area contributed by atoms with Crippen LogP contribution < -0.4 is 14.4 Å². The van der Waals surface area contributed by atoms with E-state index in [0.717, 1.165) is 31.9 Å². The zero-order chi connectivity index (χ0) is 21.4. The van der Waals surface area contributed by atoms with Crippen LogP contribution in [0.1, 0.15) is 52.0 Å². The van der Waals surface area contributed by atoms with Crippen molar-refractivity contribution < 1.29 is 22.6 Å². The Morgan fingerprint density at radius 2 is 1.83 bits per heavy atom. The smallest absolute Gasteiger partial charge is 0.421 e. The monoisotopic (exact) mass is 411 g/mol. The van der Waals surface area contributed by atoms with Crippen molar-refractivity contribution in [2.24, 2.45) is 0 Å². The molecule has 1 heterocycles. The first-order valence-corrected chi connectivity index (χ1v) is 9.80. The Balaban J connectivity index is 2.34. The standard InChI is InChI=1S/C21H28F3N3O2/c1-5-6-7-10-13-28-18-12-9-8-11-17(18)27(4)19-16(21(22,23)24)14-25-20(26-19)29-15(2)3/h8-9,11-12,14-15H,5-7,10,13H2,1-4H3. The summed E-state index contributed by atoms with van der Waals surface area (Å²) in [6, 6.07) is 6.87. The molecule has 0 saturated carbocycles. The minimum absolute atomic E-state index is 0.104.